The first-order chi connectivity index (χ1) is 23.2. The predicted molar refractivity (Wildman–Crippen MR) is 196 cm³/mol. The van der Waals surface area contributed by atoms with Crippen molar-refractivity contribution in [2.75, 3.05) is 51.3 Å². The summed E-state index contributed by atoms with van der Waals surface area (Å²) in [5.74, 6) is 0.767. The second-order valence-electron chi connectivity index (χ2n) is 12.7. The number of hydrogen-bond donors (Lipinski definition) is 3. The lowest BCUT2D eigenvalue weighted by molar-refractivity contribution is -0.120. The zero-order valence-corrected chi connectivity index (χ0v) is 30.5. The first kappa shape index (κ1) is 34.2. The highest BCUT2D eigenvalue weighted by Gasteiger charge is 2.32. The maximum Gasteiger partial charge on any atom is 0.426 e. The Hall–Kier alpha value is -3.65. The van der Waals surface area contributed by atoms with Gasteiger partial charge in [-0.1, -0.05) is 30.3 Å². The molecule has 0 unspecified atom stereocenters. The summed E-state index contributed by atoms with van der Waals surface area (Å²) in [5, 5.41) is 7.92. The standard InChI is InChI=1S/C35H42Br2N8O3/c1-42(2)15-7-16-45-31-11-6-5-10-29(31)39-33(45)30(22-23-20-26(36)32(38)27(37)21-23)41-35(47)48-43-17-13-25(14-18-43)44-19-12-24-8-3-4-9-28(24)40-34(44)46/h3-6,8-11,20-21,25,30H,7,12-19,22,38H2,1-2H3,(H,40,46)(H,41,47)/t30-/m1/s1. The number of fused-ring (bicyclic) bond motifs is 2. The number of nitrogens with one attached hydrogen (secondary N) is 2. The highest BCUT2D eigenvalue weighted by Crippen LogP contribution is 2.32. The molecular weight excluding hydrogens is 740 g/mol. The third kappa shape index (κ3) is 7.96. The van der Waals surface area contributed by atoms with Crippen LogP contribution < -0.4 is 16.4 Å². The van der Waals surface area contributed by atoms with Crippen molar-refractivity contribution in [1.82, 2.24) is 29.7 Å². The maximum atomic E-state index is 13.6. The lowest BCUT2D eigenvalue weighted by Crippen LogP contribution is -2.49. The molecule has 11 nitrogen and oxygen atoms in total. The largest absolute Gasteiger partial charge is 0.426 e. The number of aryl methyl sites for hydroxylation is 1. The number of benzene rings is 3. The number of hydroxylamine groups is 2. The van der Waals surface area contributed by atoms with E-state index in [1.165, 1.54) is 0 Å². The molecule has 0 saturated carbocycles. The van der Waals surface area contributed by atoms with Gasteiger partial charge in [-0.05, 0) is 120 Å². The summed E-state index contributed by atoms with van der Waals surface area (Å²) in [4.78, 5) is 41.7. The van der Waals surface area contributed by atoms with Crippen LogP contribution in [-0.2, 0) is 24.2 Å². The van der Waals surface area contributed by atoms with Crippen molar-refractivity contribution in [3.63, 3.8) is 0 Å². The van der Waals surface area contributed by atoms with Crippen LogP contribution in [0.3, 0.4) is 0 Å². The Kier molecular flexibility index (Phi) is 10.9. The van der Waals surface area contributed by atoms with E-state index >= 15 is 0 Å². The van der Waals surface area contributed by atoms with Crippen LogP contribution in [0.4, 0.5) is 21.0 Å². The Bertz CT molecular complexity index is 1750. The average Bonchev–Trinajstić information content (AvgIpc) is 3.33. The number of nitrogens with two attached hydrogens (primary N) is 1. The number of halogens is 2. The summed E-state index contributed by atoms with van der Waals surface area (Å²) in [6.45, 7) is 3.38. The van der Waals surface area contributed by atoms with Crippen molar-refractivity contribution in [1.29, 1.82) is 0 Å². The van der Waals surface area contributed by atoms with Gasteiger partial charge >= 0.3 is 12.1 Å². The van der Waals surface area contributed by atoms with Crippen LogP contribution in [0.25, 0.3) is 11.0 Å². The number of anilines is 2. The van der Waals surface area contributed by atoms with Gasteiger partial charge in [-0.15, -0.1) is 5.06 Å². The number of nitrogen functional groups attached to an aromatic ring is 1. The molecule has 4 N–H and O–H groups in total. The van der Waals surface area contributed by atoms with E-state index in [1.807, 2.05) is 53.4 Å². The molecule has 6 rings (SSSR count). The molecule has 13 heteroatoms. The molecule has 4 aromatic rings. The minimum atomic E-state index is -0.540. The molecule has 0 spiro atoms. The first-order valence-electron chi connectivity index (χ1n) is 16.4. The van der Waals surface area contributed by atoms with Crippen molar-refractivity contribution >= 4 is 66.4 Å². The molecule has 0 bridgehead atoms. The smallest absolute Gasteiger partial charge is 0.397 e. The molecule has 0 aliphatic carbocycles. The number of urea groups is 1. The number of para-hydroxylation sites is 3. The van der Waals surface area contributed by atoms with Gasteiger partial charge in [0.25, 0.3) is 0 Å². The van der Waals surface area contributed by atoms with Crippen LogP contribution in [0.15, 0.2) is 69.6 Å². The van der Waals surface area contributed by atoms with Gasteiger partial charge in [0, 0.05) is 53.3 Å². The fourth-order valence-corrected chi connectivity index (χ4v) is 7.89. The van der Waals surface area contributed by atoms with Crippen LogP contribution in [0, 0.1) is 0 Å². The van der Waals surface area contributed by atoms with Gasteiger partial charge in [-0.25, -0.2) is 14.6 Å². The van der Waals surface area contributed by atoms with E-state index in [4.69, 9.17) is 15.6 Å². The summed E-state index contributed by atoms with van der Waals surface area (Å²) in [7, 11) is 4.13. The Balaban J connectivity index is 1.16. The lowest BCUT2D eigenvalue weighted by atomic mass is 10.0. The molecule has 2 aliphatic heterocycles. The second-order valence-corrected chi connectivity index (χ2v) is 14.4. The topological polar surface area (TPSA) is 121 Å². The number of amides is 3. The van der Waals surface area contributed by atoms with Gasteiger partial charge in [0.05, 0.1) is 22.8 Å². The number of aromatic nitrogens is 2. The SMILES string of the molecule is CN(C)CCCn1c([C@@H](Cc2cc(Br)c(N)c(Br)c2)NC(=O)ON2CCC(N3CCc4ccccc4NC3=O)CC2)nc2ccccc21. The van der Waals surface area contributed by atoms with Crippen LogP contribution >= 0.6 is 31.9 Å². The number of nitrogens with zero attached hydrogens (tertiary/aromatic N) is 5. The summed E-state index contributed by atoms with van der Waals surface area (Å²) < 4.78 is 3.76. The molecule has 1 fully saturated rings. The Morgan fingerprint density at radius 2 is 1.79 bits per heavy atom. The second kappa shape index (κ2) is 15.3. The monoisotopic (exact) mass is 780 g/mol. The number of carbonyl (C=O) groups is 2. The van der Waals surface area contributed by atoms with Crippen LogP contribution in [0.5, 0.6) is 0 Å². The molecule has 1 atom stereocenters. The minimum absolute atomic E-state index is 0.0689. The number of hydrogen-bond acceptors (Lipinski definition) is 7. The fraction of sp³-hybridized carbons (Fsp3) is 0.400. The van der Waals surface area contributed by atoms with Gasteiger partial charge in [-0.2, -0.15) is 0 Å². The van der Waals surface area contributed by atoms with Crippen molar-refractivity contribution in [3.05, 3.63) is 86.6 Å². The van der Waals surface area contributed by atoms with E-state index < -0.39 is 12.1 Å². The molecule has 1 saturated heterocycles. The summed E-state index contributed by atoms with van der Waals surface area (Å²) >= 11 is 7.14. The Labute approximate surface area is 298 Å². The summed E-state index contributed by atoms with van der Waals surface area (Å²) in [5.41, 5.74) is 11.7. The minimum Gasteiger partial charge on any atom is -0.397 e. The fourth-order valence-electron chi connectivity index (χ4n) is 6.61. The average molecular weight is 783 g/mol. The van der Waals surface area contributed by atoms with Crippen LogP contribution in [0.1, 0.15) is 42.3 Å². The molecule has 3 amide bonds. The number of rotatable bonds is 10. The van der Waals surface area contributed by atoms with E-state index in [2.05, 4.69) is 78.2 Å². The van der Waals surface area contributed by atoms with Crippen LogP contribution in [0.2, 0.25) is 0 Å². The third-order valence-electron chi connectivity index (χ3n) is 9.07. The molecule has 48 heavy (non-hydrogen) atoms. The van der Waals surface area contributed by atoms with E-state index in [0.717, 1.165) is 68.5 Å². The van der Waals surface area contributed by atoms with E-state index in [9.17, 15) is 9.59 Å². The molecular formula is C35H42Br2N8O3. The lowest BCUT2D eigenvalue weighted by Gasteiger charge is -2.37. The normalized spacial score (nSPS) is 16.4. The van der Waals surface area contributed by atoms with E-state index in [1.54, 1.807) is 5.06 Å². The van der Waals surface area contributed by atoms with Crippen LogP contribution in [-0.4, -0.2) is 82.9 Å². The highest BCUT2D eigenvalue weighted by atomic mass is 79.9. The number of piperidine rings is 1. The molecule has 3 heterocycles. The Morgan fingerprint density at radius 1 is 1.08 bits per heavy atom. The summed E-state index contributed by atoms with van der Waals surface area (Å²) in [6, 6.07) is 19.5. The van der Waals surface area contributed by atoms with Crippen molar-refractivity contribution in [2.24, 2.45) is 0 Å². The zero-order valence-electron chi connectivity index (χ0n) is 27.3. The summed E-state index contributed by atoms with van der Waals surface area (Å²) in [6.07, 6.45) is 3.06. The van der Waals surface area contributed by atoms with Gasteiger partial charge in [0.15, 0.2) is 0 Å². The highest BCUT2D eigenvalue weighted by molar-refractivity contribution is 9.11. The Morgan fingerprint density at radius 3 is 2.54 bits per heavy atom. The predicted octanol–water partition coefficient (Wildman–Crippen LogP) is 6.57. The van der Waals surface area contributed by atoms with Gasteiger partial charge < -0.3 is 35.6 Å². The number of imidazole rings is 1. The first-order valence-corrected chi connectivity index (χ1v) is 18.0. The van der Waals surface area contributed by atoms with Crippen molar-refractivity contribution in [3.8, 4) is 0 Å². The number of carbonyl (C=O) groups excluding carboxylic acids is 2. The molecule has 1 aromatic heterocycles. The third-order valence-corrected chi connectivity index (χ3v) is 10.4. The van der Waals surface area contributed by atoms with E-state index in [0.29, 0.717) is 44.6 Å². The molecule has 254 valence electrons. The van der Waals surface area contributed by atoms with Crippen molar-refractivity contribution < 1.29 is 14.4 Å². The molecule has 2 aliphatic rings. The van der Waals surface area contributed by atoms with E-state index in [-0.39, 0.29) is 12.1 Å². The quantitative estimate of drug-likeness (QED) is 0.156. The van der Waals surface area contributed by atoms with Gasteiger partial charge in [0.2, 0.25) is 0 Å². The van der Waals surface area contributed by atoms with Gasteiger partial charge in [0.1, 0.15) is 5.82 Å². The van der Waals surface area contributed by atoms with Gasteiger partial charge in [-0.3, -0.25) is 0 Å². The maximum absolute atomic E-state index is 13.6. The van der Waals surface area contributed by atoms with Crippen molar-refractivity contribution in [2.45, 2.75) is 50.7 Å². The zero-order chi connectivity index (χ0) is 33.8. The molecule has 0 radical (unpaired) electrons. The molecule has 3 aromatic carbocycles.